The third-order valence-electron chi connectivity index (χ3n) is 3.76. The van der Waals surface area contributed by atoms with Crippen LogP contribution in [0.1, 0.15) is 18.4 Å². The Labute approximate surface area is 90.0 Å². The molecule has 0 radical (unpaired) electrons. The van der Waals surface area contributed by atoms with Gasteiger partial charge in [-0.15, -0.1) is 0 Å². The molecule has 0 aliphatic carbocycles. The average Bonchev–Trinajstić information content (AvgIpc) is 2.88. The zero-order valence-electron chi connectivity index (χ0n) is 8.95. The van der Waals surface area contributed by atoms with Crippen LogP contribution in [0.15, 0.2) is 12.4 Å². The van der Waals surface area contributed by atoms with Crippen LogP contribution < -0.4 is 5.32 Å². The van der Waals surface area contributed by atoms with Crippen molar-refractivity contribution in [1.29, 1.82) is 0 Å². The molecule has 2 N–H and O–H groups in total. The van der Waals surface area contributed by atoms with Gasteiger partial charge in [-0.3, -0.25) is 5.10 Å². The highest BCUT2D eigenvalue weighted by Gasteiger charge is 2.33. The molecule has 2 aliphatic heterocycles. The van der Waals surface area contributed by atoms with Crippen LogP contribution in [0, 0.1) is 5.92 Å². The van der Waals surface area contributed by atoms with Crippen LogP contribution in [-0.4, -0.2) is 40.8 Å². The fraction of sp³-hybridized carbons (Fsp3) is 0.727. The van der Waals surface area contributed by atoms with Gasteiger partial charge in [-0.1, -0.05) is 0 Å². The second-order valence-electron chi connectivity index (χ2n) is 4.73. The lowest BCUT2D eigenvalue weighted by molar-refractivity contribution is 0.220. The summed E-state index contributed by atoms with van der Waals surface area (Å²) in [6, 6.07) is 0.721. The molecule has 82 valence electrons. The Bertz CT molecular complexity index is 308. The summed E-state index contributed by atoms with van der Waals surface area (Å²) in [6.07, 6.45) is 6.55. The highest BCUT2D eigenvalue weighted by Crippen LogP contribution is 2.27. The van der Waals surface area contributed by atoms with Gasteiger partial charge in [0, 0.05) is 30.9 Å². The maximum atomic E-state index is 3.96. The van der Waals surface area contributed by atoms with Crippen LogP contribution >= 0.6 is 0 Å². The lowest BCUT2D eigenvalue weighted by atomic mass is 9.94. The Hall–Kier alpha value is -0.870. The summed E-state index contributed by atoms with van der Waals surface area (Å²) in [7, 11) is 0. The van der Waals surface area contributed by atoms with Gasteiger partial charge in [0.05, 0.1) is 6.20 Å². The van der Waals surface area contributed by atoms with Crippen LogP contribution in [0.5, 0.6) is 0 Å². The highest BCUT2D eigenvalue weighted by atomic mass is 15.2. The monoisotopic (exact) mass is 206 g/mol. The van der Waals surface area contributed by atoms with Crippen molar-refractivity contribution in [3.8, 4) is 0 Å². The summed E-state index contributed by atoms with van der Waals surface area (Å²) < 4.78 is 0. The molecule has 2 fully saturated rings. The van der Waals surface area contributed by atoms with Crippen LogP contribution in [0.25, 0.3) is 0 Å². The predicted octanol–water partition coefficient (Wildman–Crippen LogP) is 0.594. The van der Waals surface area contributed by atoms with Crippen LogP contribution in [0.3, 0.4) is 0 Å². The lowest BCUT2D eigenvalue weighted by Gasteiger charge is -2.31. The van der Waals surface area contributed by atoms with Crippen molar-refractivity contribution in [3.05, 3.63) is 18.0 Å². The topological polar surface area (TPSA) is 44.0 Å². The van der Waals surface area contributed by atoms with E-state index in [2.05, 4.69) is 20.4 Å². The minimum absolute atomic E-state index is 0.721. The first-order valence-electron chi connectivity index (χ1n) is 5.85. The van der Waals surface area contributed by atoms with Gasteiger partial charge in [0.2, 0.25) is 0 Å². The minimum Gasteiger partial charge on any atom is -0.309 e. The minimum atomic E-state index is 0.721. The predicted molar refractivity (Wildman–Crippen MR) is 58.4 cm³/mol. The maximum absolute atomic E-state index is 3.96. The Morgan fingerprint density at radius 1 is 1.47 bits per heavy atom. The number of aromatic nitrogens is 2. The Morgan fingerprint density at radius 2 is 2.40 bits per heavy atom. The van der Waals surface area contributed by atoms with E-state index in [-0.39, 0.29) is 0 Å². The van der Waals surface area contributed by atoms with Gasteiger partial charge in [-0.05, 0) is 31.8 Å². The smallest absolute Gasteiger partial charge is 0.0532 e. The number of H-pyrrole nitrogens is 1. The SMILES string of the molecule is c1n[nH]cc1CNC1CCN2CCC1C2. The van der Waals surface area contributed by atoms with Gasteiger partial charge in [-0.2, -0.15) is 5.10 Å². The Balaban J connectivity index is 1.55. The fourth-order valence-electron chi connectivity index (χ4n) is 2.84. The van der Waals surface area contributed by atoms with E-state index in [1.165, 1.54) is 38.0 Å². The van der Waals surface area contributed by atoms with Crippen molar-refractivity contribution < 1.29 is 0 Å². The van der Waals surface area contributed by atoms with Crippen molar-refractivity contribution in [2.75, 3.05) is 19.6 Å². The molecular formula is C11H18N4. The highest BCUT2D eigenvalue weighted by molar-refractivity contribution is 5.02. The molecule has 0 aromatic carbocycles. The quantitative estimate of drug-likeness (QED) is 0.761. The molecular weight excluding hydrogens is 188 g/mol. The molecule has 0 spiro atoms. The number of hydrogen-bond acceptors (Lipinski definition) is 3. The molecule has 3 rings (SSSR count). The fourth-order valence-corrected chi connectivity index (χ4v) is 2.84. The lowest BCUT2D eigenvalue weighted by Crippen LogP contribution is -2.43. The normalized spacial score (nSPS) is 34.5. The van der Waals surface area contributed by atoms with E-state index in [4.69, 9.17) is 0 Å². The van der Waals surface area contributed by atoms with E-state index in [0.717, 1.165) is 18.5 Å². The van der Waals surface area contributed by atoms with E-state index >= 15 is 0 Å². The molecule has 15 heavy (non-hydrogen) atoms. The molecule has 2 saturated heterocycles. The van der Waals surface area contributed by atoms with E-state index in [1.807, 2.05) is 12.4 Å². The first-order valence-corrected chi connectivity index (χ1v) is 5.85. The molecule has 3 atom stereocenters. The first-order chi connectivity index (χ1) is 7.42. The maximum Gasteiger partial charge on any atom is 0.0532 e. The molecule has 3 heterocycles. The van der Waals surface area contributed by atoms with Crippen molar-refractivity contribution >= 4 is 0 Å². The largest absolute Gasteiger partial charge is 0.309 e. The van der Waals surface area contributed by atoms with E-state index in [1.54, 1.807) is 0 Å². The van der Waals surface area contributed by atoms with E-state index in [9.17, 15) is 0 Å². The summed E-state index contributed by atoms with van der Waals surface area (Å²) in [5, 5.41) is 10.5. The van der Waals surface area contributed by atoms with E-state index < -0.39 is 0 Å². The molecule has 1 aromatic rings. The molecule has 4 nitrogen and oxygen atoms in total. The standard InChI is InChI=1S/C11H18N4/c1-3-15-4-2-11(10(1)8-15)12-5-9-6-13-14-7-9/h6-7,10-12H,1-5,8H2,(H,13,14). The van der Waals surface area contributed by atoms with Gasteiger partial charge in [-0.25, -0.2) is 0 Å². The third kappa shape index (κ3) is 1.92. The van der Waals surface area contributed by atoms with Gasteiger partial charge in [0.25, 0.3) is 0 Å². The summed E-state index contributed by atoms with van der Waals surface area (Å²) >= 11 is 0. The number of piperidine rings is 1. The number of fused-ring (bicyclic) bond motifs is 2. The molecule has 0 saturated carbocycles. The van der Waals surface area contributed by atoms with Gasteiger partial charge in [0.15, 0.2) is 0 Å². The molecule has 1 aromatic heterocycles. The molecule has 0 amide bonds. The average molecular weight is 206 g/mol. The van der Waals surface area contributed by atoms with Crippen LogP contribution in [-0.2, 0) is 6.54 Å². The summed E-state index contributed by atoms with van der Waals surface area (Å²) in [5.74, 6) is 0.880. The van der Waals surface area contributed by atoms with Crippen LogP contribution in [0.2, 0.25) is 0 Å². The first kappa shape index (κ1) is 9.36. The second-order valence-corrected chi connectivity index (χ2v) is 4.73. The van der Waals surface area contributed by atoms with Crippen molar-refractivity contribution in [1.82, 2.24) is 20.4 Å². The Kier molecular flexibility index (Phi) is 2.46. The van der Waals surface area contributed by atoms with Crippen molar-refractivity contribution in [3.63, 3.8) is 0 Å². The zero-order valence-corrected chi connectivity index (χ0v) is 8.95. The number of hydrogen-bond donors (Lipinski definition) is 2. The summed E-state index contributed by atoms with van der Waals surface area (Å²) in [6.45, 7) is 4.86. The summed E-state index contributed by atoms with van der Waals surface area (Å²) in [5.41, 5.74) is 1.26. The molecule has 4 heteroatoms. The number of nitrogens with one attached hydrogen (secondary N) is 2. The number of rotatable bonds is 3. The van der Waals surface area contributed by atoms with Gasteiger partial charge < -0.3 is 10.2 Å². The van der Waals surface area contributed by atoms with Gasteiger partial charge >= 0.3 is 0 Å². The Morgan fingerprint density at radius 3 is 3.27 bits per heavy atom. The zero-order chi connectivity index (χ0) is 10.1. The van der Waals surface area contributed by atoms with Crippen molar-refractivity contribution in [2.45, 2.75) is 25.4 Å². The third-order valence-corrected chi connectivity index (χ3v) is 3.76. The number of aromatic amines is 1. The van der Waals surface area contributed by atoms with Gasteiger partial charge in [0.1, 0.15) is 0 Å². The van der Waals surface area contributed by atoms with Crippen molar-refractivity contribution in [2.24, 2.45) is 5.92 Å². The van der Waals surface area contributed by atoms with Crippen LogP contribution in [0.4, 0.5) is 0 Å². The second kappa shape index (κ2) is 3.94. The molecule has 2 aliphatic rings. The number of nitrogens with zero attached hydrogens (tertiary/aromatic N) is 2. The van der Waals surface area contributed by atoms with E-state index in [0.29, 0.717) is 0 Å². The molecule has 2 bridgehead atoms. The summed E-state index contributed by atoms with van der Waals surface area (Å²) in [4.78, 5) is 2.58. The molecule has 3 unspecified atom stereocenters.